The highest BCUT2D eigenvalue weighted by Gasteiger charge is 2.22. The first-order chi connectivity index (χ1) is 20.8. The number of methoxy groups -OCH3 is 1. The number of benzene rings is 3. The van der Waals surface area contributed by atoms with E-state index in [0.29, 0.717) is 40.2 Å². The lowest BCUT2D eigenvalue weighted by Gasteiger charge is -2.36. The highest BCUT2D eigenvalue weighted by Crippen LogP contribution is 2.29. The van der Waals surface area contributed by atoms with E-state index in [0.717, 1.165) is 35.8 Å². The number of rotatable bonds is 7. The third-order valence-electron chi connectivity index (χ3n) is 6.80. The second-order valence-corrected chi connectivity index (χ2v) is 11.0. The predicted molar refractivity (Wildman–Crippen MR) is 175 cm³/mol. The molecule has 2 N–H and O–H groups in total. The van der Waals surface area contributed by atoms with Crippen LogP contribution in [0.4, 0.5) is 11.4 Å². The van der Waals surface area contributed by atoms with Gasteiger partial charge in [0.15, 0.2) is 5.11 Å². The molecule has 0 spiro atoms. The molecule has 0 radical (unpaired) electrons. The Morgan fingerprint density at radius 3 is 2.23 bits per heavy atom. The molecule has 2 amide bonds. The van der Waals surface area contributed by atoms with E-state index in [1.807, 2.05) is 29.2 Å². The zero-order valence-corrected chi connectivity index (χ0v) is 25.5. The first-order valence-electron chi connectivity index (χ1n) is 13.4. The predicted octanol–water partition coefficient (Wildman–Crippen LogP) is 6.75. The minimum absolute atomic E-state index is 0.0177. The summed E-state index contributed by atoms with van der Waals surface area (Å²) >= 11 is 17.4. The standard InChI is InChI=1S/C32H28Cl2N4O4S/c1-41-27-8-2-21(3-9-27)31(40)38-16-14-37(15-17-38)26-6-4-25(5-7-26)35-32(43)36-30(39)13-11-28-10-12-29(42-28)22-18-23(33)20-24(34)19-22/h2-13,18-20H,14-17H2,1H3,(H2,35,36,39,43)/b13-11+. The number of thiocarbonyl (C=S) groups is 1. The first kappa shape index (κ1) is 30.2. The topological polar surface area (TPSA) is 87.0 Å². The number of anilines is 2. The summed E-state index contributed by atoms with van der Waals surface area (Å²) in [6.45, 7) is 2.70. The molecule has 1 fully saturated rings. The number of amides is 2. The van der Waals surface area contributed by atoms with E-state index >= 15 is 0 Å². The molecule has 1 aliphatic heterocycles. The maximum atomic E-state index is 12.9. The lowest BCUT2D eigenvalue weighted by atomic mass is 10.1. The second kappa shape index (κ2) is 13.8. The molecule has 1 aromatic heterocycles. The first-order valence-corrected chi connectivity index (χ1v) is 14.6. The monoisotopic (exact) mass is 634 g/mol. The van der Waals surface area contributed by atoms with Crippen molar-refractivity contribution >= 4 is 69.8 Å². The third kappa shape index (κ3) is 7.95. The van der Waals surface area contributed by atoms with Crippen LogP contribution in [0.25, 0.3) is 17.4 Å². The van der Waals surface area contributed by atoms with Crippen LogP contribution in [0, 0.1) is 0 Å². The SMILES string of the molecule is COc1ccc(C(=O)N2CCN(c3ccc(NC(=S)NC(=O)/C=C/c4ccc(-c5cc(Cl)cc(Cl)c5)o4)cc3)CC2)cc1. The molecular weight excluding hydrogens is 607 g/mol. The summed E-state index contributed by atoms with van der Waals surface area (Å²) in [5.74, 6) is 1.40. The van der Waals surface area contributed by atoms with Crippen LogP contribution in [0.1, 0.15) is 16.1 Å². The Labute approximate surface area is 264 Å². The Morgan fingerprint density at radius 1 is 0.907 bits per heavy atom. The Hall–Kier alpha value is -4.31. The van der Waals surface area contributed by atoms with Crippen molar-refractivity contribution in [2.75, 3.05) is 43.5 Å². The average molecular weight is 636 g/mol. The molecule has 0 atom stereocenters. The summed E-state index contributed by atoms with van der Waals surface area (Å²) in [6.07, 6.45) is 2.89. The van der Waals surface area contributed by atoms with E-state index in [2.05, 4.69) is 15.5 Å². The summed E-state index contributed by atoms with van der Waals surface area (Å²) in [4.78, 5) is 29.3. The molecule has 0 unspecified atom stereocenters. The van der Waals surface area contributed by atoms with Crippen LogP contribution in [0.2, 0.25) is 10.0 Å². The largest absolute Gasteiger partial charge is 0.497 e. The van der Waals surface area contributed by atoms with E-state index in [1.54, 1.807) is 67.8 Å². The van der Waals surface area contributed by atoms with Crippen LogP contribution in [0.3, 0.4) is 0 Å². The van der Waals surface area contributed by atoms with Crippen molar-refractivity contribution in [3.05, 3.63) is 106 Å². The fraction of sp³-hybridized carbons (Fsp3) is 0.156. The van der Waals surface area contributed by atoms with Gasteiger partial charge in [0.2, 0.25) is 5.91 Å². The zero-order valence-electron chi connectivity index (χ0n) is 23.2. The van der Waals surface area contributed by atoms with Gasteiger partial charge < -0.3 is 24.3 Å². The van der Waals surface area contributed by atoms with E-state index in [-0.39, 0.29) is 11.0 Å². The van der Waals surface area contributed by atoms with E-state index in [1.165, 1.54) is 6.08 Å². The molecule has 0 bridgehead atoms. The van der Waals surface area contributed by atoms with Gasteiger partial charge in [-0.25, -0.2) is 0 Å². The molecule has 3 aromatic carbocycles. The second-order valence-electron chi connectivity index (χ2n) is 9.69. The normalized spacial score (nSPS) is 13.2. The molecule has 8 nitrogen and oxygen atoms in total. The lowest BCUT2D eigenvalue weighted by molar-refractivity contribution is -0.115. The van der Waals surface area contributed by atoms with Gasteiger partial charge >= 0.3 is 0 Å². The molecule has 4 aromatic rings. The number of furan rings is 1. The number of carbonyl (C=O) groups excluding carboxylic acids is 2. The molecule has 0 aliphatic carbocycles. The third-order valence-corrected chi connectivity index (χ3v) is 7.44. The number of ether oxygens (including phenoxy) is 1. The molecule has 43 heavy (non-hydrogen) atoms. The van der Waals surface area contributed by atoms with Crippen LogP contribution >= 0.6 is 35.4 Å². The minimum atomic E-state index is -0.403. The number of nitrogens with zero attached hydrogens (tertiary/aromatic N) is 2. The molecule has 2 heterocycles. The Balaban J connectivity index is 1.08. The van der Waals surface area contributed by atoms with Crippen LogP contribution in [-0.4, -0.2) is 55.1 Å². The minimum Gasteiger partial charge on any atom is -0.497 e. The quantitative estimate of drug-likeness (QED) is 0.172. The maximum Gasteiger partial charge on any atom is 0.253 e. The highest BCUT2D eigenvalue weighted by molar-refractivity contribution is 7.80. The fourth-order valence-electron chi connectivity index (χ4n) is 4.61. The van der Waals surface area contributed by atoms with Crippen molar-refractivity contribution < 1.29 is 18.7 Å². The Morgan fingerprint density at radius 2 is 1.58 bits per heavy atom. The van der Waals surface area contributed by atoms with E-state index in [4.69, 9.17) is 44.6 Å². The molecular formula is C32H28Cl2N4O4S. The smallest absolute Gasteiger partial charge is 0.253 e. The maximum absolute atomic E-state index is 12.9. The van der Waals surface area contributed by atoms with Crippen LogP contribution in [0.15, 0.2) is 89.4 Å². The summed E-state index contributed by atoms with van der Waals surface area (Å²) in [5, 5.41) is 6.83. The van der Waals surface area contributed by atoms with Gasteiger partial charge in [-0.1, -0.05) is 23.2 Å². The van der Waals surface area contributed by atoms with Crippen molar-refractivity contribution in [2.45, 2.75) is 0 Å². The number of nitrogens with one attached hydrogen (secondary N) is 2. The fourth-order valence-corrected chi connectivity index (χ4v) is 5.35. The number of carbonyl (C=O) groups is 2. The van der Waals surface area contributed by atoms with E-state index < -0.39 is 5.91 Å². The number of piperazine rings is 1. The zero-order chi connectivity index (χ0) is 30.3. The highest BCUT2D eigenvalue weighted by atomic mass is 35.5. The van der Waals surface area contributed by atoms with Gasteiger partial charge in [-0.15, -0.1) is 0 Å². The number of hydrogen-bond acceptors (Lipinski definition) is 6. The van der Waals surface area contributed by atoms with E-state index in [9.17, 15) is 9.59 Å². The van der Waals surface area contributed by atoms with Gasteiger partial charge in [-0.05, 0) is 97.2 Å². The molecule has 1 aliphatic rings. The molecule has 5 rings (SSSR count). The van der Waals surface area contributed by atoms with Gasteiger partial charge in [0.25, 0.3) is 5.91 Å². The van der Waals surface area contributed by atoms with Gasteiger partial charge in [0, 0.05) is 64.8 Å². The molecule has 11 heteroatoms. The average Bonchev–Trinajstić information content (AvgIpc) is 3.49. The molecule has 220 valence electrons. The van der Waals surface area contributed by atoms with Crippen molar-refractivity contribution in [3.8, 4) is 17.1 Å². The van der Waals surface area contributed by atoms with Crippen molar-refractivity contribution in [3.63, 3.8) is 0 Å². The van der Waals surface area contributed by atoms with Gasteiger partial charge in [0.05, 0.1) is 7.11 Å². The van der Waals surface area contributed by atoms with Crippen molar-refractivity contribution in [1.82, 2.24) is 10.2 Å². The van der Waals surface area contributed by atoms with Crippen LogP contribution < -0.4 is 20.3 Å². The summed E-state index contributed by atoms with van der Waals surface area (Å²) in [7, 11) is 1.60. The van der Waals surface area contributed by atoms with Crippen LogP contribution in [-0.2, 0) is 4.79 Å². The molecule has 0 saturated carbocycles. The number of halogens is 2. The Kier molecular flexibility index (Phi) is 9.66. The summed E-state index contributed by atoms with van der Waals surface area (Å²) in [5.41, 5.74) is 3.16. The van der Waals surface area contributed by atoms with Gasteiger partial charge in [-0.3, -0.25) is 14.9 Å². The number of hydrogen-bond donors (Lipinski definition) is 2. The van der Waals surface area contributed by atoms with Crippen molar-refractivity contribution in [1.29, 1.82) is 0 Å². The van der Waals surface area contributed by atoms with Crippen LogP contribution in [0.5, 0.6) is 5.75 Å². The lowest BCUT2D eigenvalue weighted by Crippen LogP contribution is -2.48. The summed E-state index contributed by atoms with van der Waals surface area (Å²) in [6, 6.07) is 23.6. The van der Waals surface area contributed by atoms with Gasteiger partial charge in [0.1, 0.15) is 17.3 Å². The van der Waals surface area contributed by atoms with Gasteiger partial charge in [-0.2, -0.15) is 0 Å². The Bertz CT molecular complexity index is 1630. The summed E-state index contributed by atoms with van der Waals surface area (Å²) < 4.78 is 11.0. The molecule has 1 saturated heterocycles. The van der Waals surface area contributed by atoms with Crippen molar-refractivity contribution in [2.24, 2.45) is 0 Å².